The highest BCUT2D eigenvalue weighted by molar-refractivity contribution is 6.13. The first-order valence-electron chi connectivity index (χ1n) is 16.7. The van der Waals surface area contributed by atoms with Crippen LogP contribution in [0.3, 0.4) is 0 Å². The third kappa shape index (κ3) is 6.77. The van der Waals surface area contributed by atoms with Crippen LogP contribution < -0.4 is 25.7 Å². The van der Waals surface area contributed by atoms with Crippen molar-refractivity contribution in [3.8, 4) is 17.2 Å². The first kappa shape index (κ1) is 33.1. The zero-order valence-corrected chi connectivity index (χ0v) is 28.6. The molecule has 4 aromatic rings. The zero-order chi connectivity index (χ0) is 34.4. The van der Waals surface area contributed by atoms with Crippen molar-refractivity contribution < 1.29 is 23.5 Å². The van der Waals surface area contributed by atoms with E-state index in [9.17, 15) is 14.4 Å². The molecule has 0 radical (unpaired) electrons. The number of piperazine rings is 1. The van der Waals surface area contributed by atoms with E-state index in [1.807, 2.05) is 41.3 Å². The lowest BCUT2D eigenvalue weighted by Crippen LogP contribution is -2.43. The fourth-order valence-electron chi connectivity index (χ4n) is 6.85. The Morgan fingerprint density at radius 3 is 2.53 bits per heavy atom. The summed E-state index contributed by atoms with van der Waals surface area (Å²) in [5.74, 6) is -0.509. The van der Waals surface area contributed by atoms with Crippen LogP contribution in [0.25, 0.3) is 27.4 Å². The van der Waals surface area contributed by atoms with E-state index in [0.29, 0.717) is 49.4 Å². The van der Waals surface area contributed by atoms with Gasteiger partial charge in [-0.2, -0.15) is 0 Å². The van der Waals surface area contributed by atoms with Crippen LogP contribution in [0, 0.1) is 5.82 Å². The molecule has 0 bridgehead atoms. The molecular weight excluding hydrogens is 651 g/mol. The van der Waals surface area contributed by atoms with Crippen LogP contribution in [-0.4, -0.2) is 89.9 Å². The molecule has 4 heterocycles. The fraction of sp³-hybridized carbons (Fsp3) is 0.417. The lowest BCUT2D eigenvalue weighted by atomic mass is 10.0. The highest BCUT2D eigenvalue weighted by Gasteiger charge is 2.34. The average molecular weight is 691 g/mol. The molecule has 3 aliphatic rings. The second-order valence-electron chi connectivity index (χ2n) is 13.9. The number of fused-ring (bicyclic) bond motifs is 3. The van der Waals surface area contributed by atoms with Gasteiger partial charge in [-0.3, -0.25) is 9.59 Å². The van der Waals surface area contributed by atoms with Gasteiger partial charge in [-0.1, -0.05) is 24.3 Å². The van der Waals surface area contributed by atoms with Gasteiger partial charge >= 0.3 is 6.09 Å². The van der Waals surface area contributed by atoms with Gasteiger partial charge in [0.1, 0.15) is 22.4 Å². The minimum atomic E-state index is -0.650. The van der Waals surface area contributed by atoms with Crippen molar-refractivity contribution in [3.05, 3.63) is 70.3 Å². The van der Waals surface area contributed by atoms with Crippen LogP contribution in [0.2, 0.25) is 0 Å². The van der Waals surface area contributed by atoms with Crippen molar-refractivity contribution in [2.45, 2.75) is 45.3 Å². The van der Waals surface area contributed by atoms with E-state index < -0.39 is 28.8 Å². The number of carbonyl (C=O) groups is 2. The highest BCUT2D eigenvalue weighted by atomic mass is 35.5. The maximum Gasteiger partial charge on any atom is 0.407 e. The maximum absolute atomic E-state index is 16.3. The number of hydrogen-bond donors (Lipinski definition) is 2. The number of nitrogens with zero attached hydrogens (tertiary/aromatic N) is 4. The summed E-state index contributed by atoms with van der Waals surface area (Å²) in [7, 11) is 0. The number of carbonyl (C=O) groups excluding carboxylic acids is 2. The van der Waals surface area contributed by atoms with Gasteiger partial charge in [0, 0.05) is 52.0 Å². The molecule has 2 fully saturated rings. The SMILES string of the molecule is CC(C)(C)OC(=O)N[C@@H]1CCN(c2c(F)cc3c(=O)c(C(=O)NCCCN4CCN(Cl)CC4)cn4c3c2Oc2cc3ccccc3cc2-4)C1. The number of aromatic nitrogens is 1. The van der Waals surface area contributed by atoms with E-state index in [4.69, 9.17) is 21.3 Å². The maximum atomic E-state index is 16.3. The summed E-state index contributed by atoms with van der Waals surface area (Å²) in [6.07, 6.45) is 2.27. The third-order valence-corrected chi connectivity index (χ3v) is 9.53. The Kier molecular flexibility index (Phi) is 8.89. The minimum absolute atomic E-state index is 0.0456. The Hall–Kier alpha value is -4.39. The van der Waals surface area contributed by atoms with Gasteiger partial charge in [0.05, 0.1) is 17.1 Å². The Labute approximate surface area is 288 Å². The van der Waals surface area contributed by atoms with Crippen molar-refractivity contribution in [3.63, 3.8) is 0 Å². The molecule has 2 amide bonds. The number of hydrogen-bond acceptors (Lipinski definition) is 8. The van der Waals surface area contributed by atoms with E-state index in [1.165, 1.54) is 12.3 Å². The minimum Gasteiger partial charge on any atom is -0.451 e. The summed E-state index contributed by atoms with van der Waals surface area (Å²) in [5.41, 5.74) is -0.102. The highest BCUT2D eigenvalue weighted by Crippen LogP contribution is 2.48. The first-order valence-corrected chi connectivity index (χ1v) is 17.1. The van der Waals surface area contributed by atoms with Gasteiger partial charge in [-0.05, 0) is 80.9 Å². The summed E-state index contributed by atoms with van der Waals surface area (Å²) in [6, 6.07) is 12.5. The molecule has 7 rings (SSSR count). The van der Waals surface area contributed by atoms with Crippen LogP contribution in [0.5, 0.6) is 11.5 Å². The zero-order valence-electron chi connectivity index (χ0n) is 27.9. The Bertz CT molecular complexity index is 2000. The molecule has 3 aliphatic heterocycles. The van der Waals surface area contributed by atoms with Crippen LogP contribution >= 0.6 is 11.8 Å². The molecule has 0 spiro atoms. The number of alkyl carbamates (subject to hydrolysis) is 1. The Morgan fingerprint density at radius 1 is 1.06 bits per heavy atom. The summed E-state index contributed by atoms with van der Waals surface area (Å²) < 4.78 is 31.7. The van der Waals surface area contributed by atoms with Gasteiger partial charge in [0.2, 0.25) is 5.43 Å². The van der Waals surface area contributed by atoms with Crippen LogP contribution in [-0.2, 0) is 4.74 Å². The average Bonchev–Trinajstić information content (AvgIpc) is 3.50. The van der Waals surface area contributed by atoms with E-state index in [0.717, 1.165) is 43.5 Å². The van der Waals surface area contributed by atoms with Crippen LogP contribution in [0.15, 0.2) is 53.5 Å². The smallest absolute Gasteiger partial charge is 0.407 e. The number of rotatable bonds is 7. The van der Waals surface area contributed by atoms with Gasteiger partial charge < -0.3 is 34.5 Å². The molecule has 0 unspecified atom stereocenters. The number of benzene rings is 3. The second kappa shape index (κ2) is 13.1. The number of nitrogens with one attached hydrogen (secondary N) is 2. The van der Waals surface area contributed by atoms with E-state index in [1.54, 1.807) is 29.8 Å². The predicted octanol–water partition coefficient (Wildman–Crippen LogP) is 5.38. The molecule has 0 saturated carbocycles. The van der Waals surface area contributed by atoms with Crippen LogP contribution in [0.4, 0.5) is 14.9 Å². The predicted molar refractivity (Wildman–Crippen MR) is 188 cm³/mol. The summed E-state index contributed by atoms with van der Waals surface area (Å²) in [4.78, 5) is 44.0. The molecule has 11 nitrogen and oxygen atoms in total. The number of ether oxygens (including phenoxy) is 2. The number of amides is 2. The normalized spacial score (nSPS) is 18.0. The Morgan fingerprint density at radius 2 is 1.80 bits per heavy atom. The molecule has 1 aromatic heterocycles. The molecule has 2 saturated heterocycles. The van der Waals surface area contributed by atoms with Gasteiger partial charge in [-0.15, -0.1) is 0 Å². The van der Waals surface area contributed by atoms with Crippen molar-refractivity contribution in [1.82, 2.24) is 24.5 Å². The largest absolute Gasteiger partial charge is 0.451 e. The van der Waals surface area contributed by atoms with Crippen molar-refractivity contribution in [2.24, 2.45) is 0 Å². The lowest BCUT2D eigenvalue weighted by molar-refractivity contribution is 0.0508. The number of pyridine rings is 1. The first-order chi connectivity index (χ1) is 23.4. The molecule has 49 heavy (non-hydrogen) atoms. The van der Waals surface area contributed by atoms with Crippen LogP contribution in [0.1, 0.15) is 44.0 Å². The molecule has 0 aliphatic carbocycles. The topological polar surface area (TPSA) is 108 Å². The van der Waals surface area contributed by atoms with Crippen molar-refractivity contribution in [2.75, 3.05) is 57.3 Å². The van der Waals surface area contributed by atoms with Crippen molar-refractivity contribution >= 4 is 51.1 Å². The lowest BCUT2D eigenvalue weighted by Gasteiger charge is -2.30. The Balaban J connectivity index is 1.23. The molecule has 258 valence electrons. The summed E-state index contributed by atoms with van der Waals surface area (Å²) >= 11 is 6.07. The van der Waals surface area contributed by atoms with Gasteiger partial charge in [0.15, 0.2) is 17.3 Å². The molecule has 1 atom stereocenters. The van der Waals surface area contributed by atoms with Gasteiger partial charge in [-0.25, -0.2) is 13.6 Å². The van der Waals surface area contributed by atoms with Crippen molar-refractivity contribution in [1.29, 1.82) is 0 Å². The number of anilines is 1. The third-order valence-electron chi connectivity index (χ3n) is 9.19. The van der Waals surface area contributed by atoms with Gasteiger partial charge in [0.25, 0.3) is 5.91 Å². The van der Waals surface area contributed by atoms with E-state index >= 15 is 4.39 Å². The summed E-state index contributed by atoms with van der Waals surface area (Å²) in [6.45, 7) is 10.6. The van der Waals surface area contributed by atoms with E-state index in [-0.39, 0.29) is 28.4 Å². The standard InChI is InChI=1S/C36H40ClFN6O5/c1-36(2,3)49-35(47)40-24-9-12-42(20-24)31-27(38)19-25-30-33(31)48-29-18-23-8-5-4-7-22(23)17-28(29)44(30)21-26(32(25)45)34(46)39-10-6-11-41-13-15-43(37)16-14-41/h4-5,7-8,17-19,21,24H,6,9-16,20H2,1-3H3,(H,39,46)(H,40,47)/t24-/m1/s1. The fourth-order valence-corrected chi connectivity index (χ4v) is 7.00. The molecule has 3 aromatic carbocycles. The second-order valence-corrected chi connectivity index (χ2v) is 14.4. The molecule has 2 N–H and O–H groups in total. The monoisotopic (exact) mass is 690 g/mol. The summed E-state index contributed by atoms with van der Waals surface area (Å²) in [5, 5.41) is 7.70. The number of halogens is 2. The molecular formula is C36H40ClFN6O5. The van der Waals surface area contributed by atoms with E-state index in [2.05, 4.69) is 15.5 Å². The molecule has 13 heteroatoms. The quantitative estimate of drug-likeness (QED) is 0.173.